The standard InChI is InChI=1S/C21H23N5O3/c27-16-5-3-8-25(13-16)21(29)26-19-7-9-24(12-15(19)11-22-26)20(28)18-10-14-4-1-2-6-17(14)23-18/h1-2,4,6,10-11,16,23,27H,3,5,7-9,12-13H2/t16-/m0/s1. The van der Waals surface area contributed by atoms with Crippen molar-refractivity contribution in [2.45, 2.75) is 31.9 Å². The number of β-amino-alcohol motifs (C(OH)–C–C–N with tert-alkyl or cyclic N) is 1. The van der Waals surface area contributed by atoms with Gasteiger partial charge in [-0.15, -0.1) is 0 Å². The first-order chi connectivity index (χ1) is 14.1. The summed E-state index contributed by atoms with van der Waals surface area (Å²) in [5, 5.41) is 15.2. The molecule has 0 radical (unpaired) electrons. The molecule has 2 aliphatic rings. The van der Waals surface area contributed by atoms with E-state index in [0.29, 0.717) is 38.3 Å². The highest BCUT2D eigenvalue weighted by Gasteiger charge is 2.30. The van der Waals surface area contributed by atoms with Crippen LogP contribution in [0.2, 0.25) is 0 Å². The molecule has 2 aromatic heterocycles. The van der Waals surface area contributed by atoms with E-state index in [1.807, 2.05) is 30.3 Å². The number of hydrogen-bond donors (Lipinski definition) is 2. The first kappa shape index (κ1) is 17.9. The number of rotatable bonds is 1. The predicted molar refractivity (Wildman–Crippen MR) is 107 cm³/mol. The summed E-state index contributed by atoms with van der Waals surface area (Å²) in [5.41, 5.74) is 3.26. The van der Waals surface area contributed by atoms with Crippen molar-refractivity contribution in [3.8, 4) is 0 Å². The number of amides is 2. The van der Waals surface area contributed by atoms with Gasteiger partial charge in [0.15, 0.2) is 0 Å². The summed E-state index contributed by atoms with van der Waals surface area (Å²) in [4.78, 5) is 32.4. The fourth-order valence-corrected chi connectivity index (χ4v) is 4.29. The van der Waals surface area contributed by atoms with Gasteiger partial charge >= 0.3 is 6.03 Å². The van der Waals surface area contributed by atoms with Crippen molar-refractivity contribution in [3.63, 3.8) is 0 Å². The maximum Gasteiger partial charge on any atom is 0.345 e. The van der Waals surface area contributed by atoms with Gasteiger partial charge in [-0.05, 0) is 25.0 Å². The number of carbonyl (C=O) groups is 2. The van der Waals surface area contributed by atoms with E-state index >= 15 is 0 Å². The Labute approximate surface area is 167 Å². The van der Waals surface area contributed by atoms with Gasteiger partial charge in [0.1, 0.15) is 5.69 Å². The van der Waals surface area contributed by atoms with Crippen LogP contribution in [-0.4, -0.2) is 67.3 Å². The predicted octanol–water partition coefficient (Wildman–Crippen LogP) is 1.99. The minimum Gasteiger partial charge on any atom is -0.391 e. The molecule has 0 unspecified atom stereocenters. The number of carbonyl (C=O) groups excluding carboxylic acids is 2. The van der Waals surface area contributed by atoms with Gasteiger partial charge in [0.05, 0.1) is 18.0 Å². The Balaban J connectivity index is 1.34. The van der Waals surface area contributed by atoms with Crippen molar-refractivity contribution in [2.75, 3.05) is 19.6 Å². The SMILES string of the molecule is O=C(c1cc2ccccc2[nH]1)N1CCc2c(cnn2C(=O)N2CCC[C@H](O)C2)C1. The molecule has 0 bridgehead atoms. The first-order valence-corrected chi connectivity index (χ1v) is 10.0. The van der Waals surface area contributed by atoms with Crippen LogP contribution in [0, 0.1) is 0 Å². The maximum atomic E-state index is 13.0. The molecule has 0 spiro atoms. The molecule has 4 heterocycles. The Bertz CT molecular complexity index is 1050. The quantitative estimate of drug-likeness (QED) is 0.661. The number of fused-ring (bicyclic) bond motifs is 2. The molecule has 2 N–H and O–H groups in total. The van der Waals surface area contributed by atoms with Crippen LogP contribution in [0.3, 0.4) is 0 Å². The van der Waals surface area contributed by atoms with E-state index < -0.39 is 6.10 Å². The average molecular weight is 393 g/mol. The highest BCUT2D eigenvalue weighted by atomic mass is 16.3. The Morgan fingerprint density at radius 3 is 2.86 bits per heavy atom. The Kier molecular flexibility index (Phi) is 4.35. The summed E-state index contributed by atoms with van der Waals surface area (Å²) in [6, 6.07) is 9.50. The van der Waals surface area contributed by atoms with Gasteiger partial charge in [0, 0.05) is 49.1 Å². The van der Waals surface area contributed by atoms with Crippen molar-refractivity contribution < 1.29 is 14.7 Å². The zero-order valence-corrected chi connectivity index (χ0v) is 16.0. The first-order valence-electron chi connectivity index (χ1n) is 10.0. The topological polar surface area (TPSA) is 94.5 Å². The van der Waals surface area contributed by atoms with Crippen LogP contribution in [0.25, 0.3) is 10.9 Å². The molecule has 8 nitrogen and oxygen atoms in total. The number of piperidine rings is 1. The molecule has 1 fully saturated rings. The summed E-state index contributed by atoms with van der Waals surface area (Å²) in [5.74, 6) is -0.0509. The molecule has 2 aliphatic heterocycles. The third-order valence-corrected chi connectivity index (χ3v) is 5.83. The number of benzene rings is 1. The number of aliphatic hydroxyl groups excluding tert-OH is 1. The number of nitrogens with zero attached hydrogens (tertiary/aromatic N) is 4. The van der Waals surface area contributed by atoms with E-state index in [1.54, 1.807) is 16.0 Å². The highest BCUT2D eigenvalue weighted by molar-refractivity contribution is 5.98. The van der Waals surface area contributed by atoms with E-state index in [1.165, 1.54) is 4.68 Å². The second kappa shape index (κ2) is 7.04. The number of hydrogen-bond acceptors (Lipinski definition) is 4. The second-order valence-electron chi connectivity index (χ2n) is 7.80. The molecule has 8 heteroatoms. The van der Waals surface area contributed by atoms with Crippen molar-refractivity contribution in [1.82, 2.24) is 24.6 Å². The minimum atomic E-state index is -0.469. The lowest BCUT2D eigenvalue weighted by atomic mass is 10.1. The summed E-state index contributed by atoms with van der Waals surface area (Å²) < 4.78 is 1.44. The number of H-pyrrole nitrogens is 1. The fraction of sp³-hybridized carbons (Fsp3) is 0.381. The van der Waals surface area contributed by atoms with Gasteiger partial charge in [-0.3, -0.25) is 4.79 Å². The van der Waals surface area contributed by atoms with E-state index in [0.717, 1.165) is 35.0 Å². The van der Waals surface area contributed by atoms with Gasteiger partial charge in [-0.1, -0.05) is 18.2 Å². The third kappa shape index (κ3) is 3.19. The van der Waals surface area contributed by atoms with Crippen molar-refractivity contribution in [3.05, 3.63) is 53.5 Å². The van der Waals surface area contributed by atoms with Gasteiger partial charge in [-0.2, -0.15) is 9.78 Å². The Morgan fingerprint density at radius 1 is 1.17 bits per heavy atom. The van der Waals surface area contributed by atoms with E-state index in [-0.39, 0.29) is 11.9 Å². The van der Waals surface area contributed by atoms with Gasteiger partial charge in [0.2, 0.25) is 0 Å². The molecule has 29 heavy (non-hydrogen) atoms. The zero-order valence-electron chi connectivity index (χ0n) is 16.0. The average Bonchev–Trinajstić information content (AvgIpc) is 3.36. The summed E-state index contributed by atoms with van der Waals surface area (Å²) in [7, 11) is 0. The highest BCUT2D eigenvalue weighted by Crippen LogP contribution is 2.23. The van der Waals surface area contributed by atoms with Crippen LogP contribution in [0.15, 0.2) is 36.5 Å². The van der Waals surface area contributed by atoms with Crippen molar-refractivity contribution in [2.24, 2.45) is 0 Å². The van der Waals surface area contributed by atoms with Gasteiger partial charge in [-0.25, -0.2) is 4.79 Å². The third-order valence-electron chi connectivity index (χ3n) is 5.83. The molecule has 150 valence electrons. The molecule has 2 amide bonds. The van der Waals surface area contributed by atoms with Crippen LogP contribution in [0.4, 0.5) is 4.79 Å². The van der Waals surface area contributed by atoms with Gasteiger partial charge in [0.25, 0.3) is 5.91 Å². The maximum absolute atomic E-state index is 13.0. The summed E-state index contributed by atoms with van der Waals surface area (Å²) >= 11 is 0. The lowest BCUT2D eigenvalue weighted by Gasteiger charge is -2.31. The molecular weight excluding hydrogens is 370 g/mol. The van der Waals surface area contributed by atoms with Crippen LogP contribution in [0.5, 0.6) is 0 Å². The lowest BCUT2D eigenvalue weighted by molar-refractivity contribution is 0.0726. The molecule has 1 saturated heterocycles. The number of aromatic amines is 1. The monoisotopic (exact) mass is 393 g/mol. The number of aromatic nitrogens is 3. The molecule has 5 rings (SSSR count). The number of nitrogens with one attached hydrogen (secondary N) is 1. The second-order valence-corrected chi connectivity index (χ2v) is 7.80. The number of likely N-dealkylation sites (tertiary alicyclic amines) is 1. The Morgan fingerprint density at radius 2 is 2.03 bits per heavy atom. The van der Waals surface area contributed by atoms with Crippen LogP contribution in [-0.2, 0) is 13.0 Å². The minimum absolute atomic E-state index is 0.0509. The van der Waals surface area contributed by atoms with Crippen LogP contribution >= 0.6 is 0 Å². The smallest absolute Gasteiger partial charge is 0.345 e. The van der Waals surface area contributed by atoms with E-state index in [4.69, 9.17) is 0 Å². The molecule has 1 aromatic carbocycles. The zero-order chi connectivity index (χ0) is 20.0. The Hall–Kier alpha value is -3.13. The van der Waals surface area contributed by atoms with Crippen molar-refractivity contribution >= 4 is 22.8 Å². The fourth-order valence-electron chi connectivity index (χ4n) is 4.29. The molecule has 0 aliphatic carbocycles. The molecule has 1 atom stereocenters. The molecule has 0 saturated carbocycles. The largest absolute Gasteiger partial charge is 0.391 e. The van der Waals surface area contributed by atoms with E-state index in [2.05, 4.69) is 10.1 Å². The van der Waals surface area contributed by atoms with Crippen LogP contribution < -0.4 is 0 Å². The summed E-state index contributed by atoms with van der Waals surface area (Å²) in [6.07, 6.45) is 3.31. The van der Waals surface area contributed by atoms with Crippen molar-refractivity contribution in [1.29, 1.82) is 0 Å². The number of aliphatic hydroxyl groups is 1. The van der Waals surface area contributed by atoms with Gasteiger partial charge < -0.3 is 19.9 Å². The van der Waals surface area contributed by atoms with Crippen LogP contribution in [0.1, 0.15) is 34.6 Å². The lowest BCUT2D eigenvalue weighted by Crippen LogP contribution is -2.45. The number of para-hydroxylation sites is 1. The molecule has 3 aromatic rings. The molecular formula is C21H23N5O3. The normalized spacial score (nSPS) is 19.4. The summed E-state index contributed by atoms with van der Waals surface area (Å²) in [6.45, 7) is 1.94. The van der Waals surface area contributed by atoms with E-state index in [9.17, 15) is 14.7 Å².